The predicted molar refractivity (Wildman–Crippen MR) is 100 cm³/mol. The van der Waals surface area contributed by atoms with E-state index in [0.29, 0.717) is 13.2 Å². The summed E-state index contributed by atoms with van der Waals surface area (Å²) in [5.74, 6) is 1.62. The van der Waals surface area contributed by atoms with Gasteiger partial charge in [0.15, 0.2) is 11.5 Å². The summed E-state index contributed by atoms with van der Waals surface area (Å²) in [7, 11) is 0. The Morgan fingerprint density at radius 2 is 1.54 bits per heavy atom. The van der Waals surface area contributed by atoms with E-state index < -0.39 is 0 Å². The monoisotopic (exact) mass is 328 g/mol. The lowest BCUT2D eigenvalue weighted by Gasteiger charge is -2.12. The van der Waals surface area contributed by atoms with Gasteiger partial charge in [-0.15, -0.1) is 0 Å². The Labute approximate surface area is 145 Å². The van der Waals surface area contributed by atoms with Gasteiger partial charge in [0, 0.05) is 18.8 Å². The van der Waals surface area contributed by atoms with E-state index in [0.717, 1.165) is 37.6 Å². The Morgan fingerprint density at radius 1 is 0.833 bits per heavy atom. The fraction of sp³-hybridized carbons (Fsp3) is 0.400. The summed E-state index contributed by atoms with van der Waals surface area (Å²) in [5.41, 5.74) is 2.46. The van der Waals surface area contributed by atoms with Crippen LogP contribution in [0.25, 0.3) is 0 Å². The Hall–Kier alpha value is -2.20. The van der Waals surface area contributed by atoms with Crippen LogP contribution in [0.1, 0.15) is 18.9 Å². The van der Waals surface area contributed by atoms with Gasteiger partial charge in [-0.3, -0.25) is 0 Å². The molecule has 0 aliphatic heterocycles. The molecule has 2 N–H and O–H groups in total. The van der Waals surface area contributed by atoms with Gasteiger partial charge in [0.25, 0.3) is 0 Å². The summed E-state index contributed by atoms with van der Waals surface area (Å²) in [6.07, 6.45) is 1.07. The fourth-order valence-electron chi connectivity index (χ4n) is 2.32. The fourth-order valence-corrected chi connectivity index (χ4v) is 2.32. The molecular formula is C20H28N2O2. The number of aryl methyl sites for hydroxylation is 1. The molecule has 2 aromatic carbocycles. The zero-order chi connectivity index (χ0) is 17.0. The third kappa shape index (κ3) is 6.50. The van der Waals surface area contributed by atoms with Crippen molar-refractivity contribution in [1.82, 2.24) is 5.32 Å². The molecular weight excluding hydrogens is 300 g/mol. The third-order valence-electron chi connectivity index (χ3n) is 3.60. The first-order chi connectivity index (χ1) is 11.8. The number of anilines is 1. The van der Waals surface area contributed by atoms with E-state index >= 15 is 0 Å². The maximum Gasteiger partial charge on any atom is 0.161 e. The largest absolute Gasteiger partial charge is 0.490 e. The SMILES string of the molecule is CCOc1ccccc1OCCNCCCNc1ccc(C)cc1. The van der Waals surface area contributed by atoms with Crippen molar-refractivity contribution in [3.05, 3.63) is 54.1 Å². The van der Waals surface area contributed by atoms with Gasteiger partial charge in [-0.2, -0.15) is 0 Å². The van der Waals surface area contributed by atoms with E-state index in [1.807, 2.05) is 31.2 Å². The van der Waals surface area contributed by atoms with E-state index in [-0.39, 0.29) is 0 Å². The van der Waals surface area contributed by atoms with Crippen LogP contribution in [-0.2, 0) is 0 Å². The van der Waals surface area contributed by atoms with E-state index in [4.69, 9.17) is 9.47 Å². The molecule has 130 valence electrons. The first kappa shape index (κ1) is 18.1. The van der Waals surface area contributed by atoms with Crippen LogP contribution in [-0.4, -0.2) is 32.8 Å². The van der Waals surface area contributed by atoms with Gasteiger partial charge in [-0.05, 0) is 51.1 Å². The Balaban J connectivity index is 1.53. The summed E-state index contributed by atoms with van der Waals surface area (Å²) in [5, 5.41) is 6.82. The molecule has 24 heavy (non-hydrogen) atoms. The van der Waals surface area contributed by atoms with Crippen LogP contribution in [0.5, 0.6) is 11.5 Å². The van der Waals surface area contributed by atoms with Crippen molar-refractivity contribution >= 4 is 5.69 Å². The van der Waals surface area contributed by atoms with Crippen molar-refractivity contribution in [2.24, 2.45) is 0 Å². The molecule has 0 heterocycles. The van der Waals surface area contributed by atoms with Crippen molar-refractivity contribution in [3.63, 3.8) is 0 Å². The lowest BCUT2D eigenvalue weighted by Crippen LogP contribution is -2.23. The van der Waals surface area contributed by atoms with E-state index in [1.54, 1.807) is 0 Å². The van der Waals surface area contributed by atoms with Crippen LogP contribution in [0.3, 0.4) is 0 Å². The highest BCUT2D eigenvalue weighted by molar-refractivity contribution is 5.44. The summed E-state index contributed by atoms with van der Waals surface area (Å²) >= 11 is 0. The predicted octanol–water partition coefficient (Wildman–Crippen LogP) is 3.86. The van der Waals surface area contributed by atoms with Gasteiger partial charge in [0.1, 0.15) is 6.61 Å². The normalized spacial score (nSPS) is 10.4. The number of ether oxygens (including phenoxy) is 2. The second-order valence-electron chi connectivity index (χ2n) is 5.62. The standard InChI is InChI=1S/C20H28N2O2/c1-3-23-19-7-4-5-8-20(19)24-16-15-21-13-6-14-22-18-11-9-17(2)10-12-18/h4-5,7-12,21-22H,3,6,13-16H2,1-2H3. The molecule has 4 nitrogen and oxygen atoms in total. The quantitative estimate of drug-likeness (QED) is 0.615. The molecule has 0 amide bonds. The molecule has 0 saturated heterocycles. The number of para-hydroxylation sites is 2. The molecule has 0 bridgehead atoms. The second-order valence-corrected chi connectivity index (χ2v) is 5.62. The molecule has 0 radical (unpaired) electrons. The van der Waals surface area contributed by atoms with Gasteiger partial charge >= 0.3 is 0 Å². The minimum absolute atomic E-state index is 0.634. The van der Waals surface area contributed by atoms with E-state index in [9.17, 15) is 0 Å². The Morgan fingerprint density at radius 3 is 2.25 bits per heavy atom. The number of nitrogens with one attached hydrogen (secondary N) is 2. The van der Waals surface area contributed by atoms with Crippen LogP contribution in [0.15, 0.2) is 48.5 Å². The van der Waals surface area contributed by atoms with Gasteiger partial charge < -0.3 is 20.1 Å². The van der Waals surface area contributed by atoms with E-state index in [2.05, 4.69) is 41.8 Å². The molecule has 0 spiro atoms. The van der Waals surface area contributed by atoms with Crippen LogP contribution in [0.2, 0.25) is 0 Å². The minimum atomic E-state index is 0.634. The highest BCUT2D eigenvalue weighted by atomic mass is 16.5. The van der Waals surface area contributed by atoms with Crippen molar-refractivity contribution < 1.29 is 9.47 Å². The second kappa shape index (κ2) is 10.6. The molecule has 0 atom stereocenters. The molecule has 0 aromatic heterocycles. The zero-order valence-corrected chi connectivity index (χ0v) is 14.7. The molecule has 4 heteroatoms. The van der Waals surface area contributed by atoms with Gasteiger partial charge in [-0.1, -0.05) is 29.8 Å². The maximum atomic E-state index is 5.77. The zero-order valence-electron chi connectivity index (χ0n) is 14.7. The smallest absolute Gasteiger partial charge is 0.161 e. The average molecular weight is 328 g/mol. The lowest BCUT2D eigenvalue weighted by atomic mass is 10.2. The van der Waals surface area contributed by atoms with E-state index in [1.165, 1.54) is 11.3 Å². The van der Waals surface area contributed by atoms with Gasteiger partial charge in [0.05, 0.1) is 6.61 Å². The minimum Gasteiger partial charge on any atom is -0.490 e. The van der Waals surface area contributed by atoms with Crippen molar-refractivity contribution in [2.45, 2.75) is 20.3 Å². The average Bonchev–Trinajstić information content (AvgIpc) is 2.60. The summed E-state index contributed by atoms with van der Waals surface area (Å²) < 4.78 is 11.3. The van der Waals surface area contributed by atoms with Gasteiger partial charge in [0.2, 0.25) is 0 Å². The van der Waals surface area contributed by atoms with Crippen LogP contribution in [0.4, 0.5) is 5.69 Å². The van der Waals surface area contributed by atoms with Gasteiger partial charge in [-0.25, -0.2) is 0 Å². The maximum absolute atomic E-state index is 5.77. The molecule has 0 saturated carbocycles. The van der Waals surface area contributed by atoms with Crippen molar-refractivity contribution in [2.75, 3.05) is 38.2 Å². The first-order valence-corrected chi connectivity index (χ1v) is 8.65. The number of hydrogen-bond acceptors (Lipinski definition) is 4. The van der Waals surface area contributed by atoms with Crippen LogP contribution >= 0.6 is 0 Å². The summed E-state index contributed by atoms with van der Waals surface area (Å²) in [4.78, 5) is 0. The Kier molecular flexibility index (Phi) is 7.98. The molecule has 0 aliphatic carbocycles. The number of benzene rings is 2. The summed E-state index contributed by atoms with van der Waals surface area (Å²) in [6, 6.07) is 16.3. The van der Waals surface area contributed by atoms with Crippen LogP contribution < -0.4 is 20.1 Å². The summed E-state index contributed by atoms with van der Waals surface area (Å²) in [6.45, 7) is 8.11. The number of hydrogen-bond donors (Lipinski definition) is 2. The topological polar surface area (TPSA) is 42.5 Å². The molecule has 0 aliphatic rings. The third-order valence-corrected chi connectivity index (χ3v) is 3.60. The number of rotatable bonds is 11. The van der Waals surface area contributed by atoms with Crippen molar-refractivity contribution in [1.29, 1.82) is 0 Å². The molecule has 2 aromatic rings. The van der Waals surface area contributed by atoms with Crippen LogP contribution in [0, 0.1) is 6.92 Å². The first-order valence-electron chi connectivity index (χ1n) is 8.65. The molecule has 2 rings (SSSR count). The molecule has 0 fully saturated rings. The lowest BCUT2D eigenvalue weighted by molar-refractivity contribution is 0.276. The highest BCUT2D eigenvalue weighted by Crippen LogP contribution is 2.25. The van der Waals surface area contributed by atoms with Crippen molar-refractivity contribution in [3.8, 4) is 11.5 Å². The molecule has 0 unspecified atom stereocenters. The Bertz CT molecular complexity index is 584. The highest BCUT2D eigenvalue weighted by Gasteiger charge is 2.02.